The fraction of sp³-hybridized carbons (Fsp3) is 0.273. The number of benzene rings is 1. The average Bonchev–Trinajstić information content (AvgIpc) is 2.19. The Hall–Kier alpha value is -1.51. The molecular formula is C11H15N2O. The molecule has 0 saturated heterocycles. The Morgan fingerprint density at radius 1 is 1.43 bits per heavy atom. The van der Waals surface area contributed by atoms with E-state index in [1.54, 1.807) is 7.05 Å². The highest BCUT2D eigenvalue weighted by Crippen LogP contribution is 2.01. The Morgan fingerprint density at radius 2 is 2.07 bits per heavy atom. The van der Waals surface area contributed by atoms with Gasteiger partial charge in [0.05, 0.1) is 0 Å². The predicted octanol–water partition coefficient (Wildman–Crippen LogP) is 1.36. The largest absolute Gasteiger partial charge is 0.341 e. The summed E-state index contributed by atoms with van der Waals surface area (Å²) in [6.07, 6.45) is 0.744. The zero-order valence-corrected chi connectivity index (χ0v) is 8.29. The summed E-state index contributed by atoms with van der Waals surface area (Å²) >= 11 is 0. The number of carbonyl (C=O) groups excluding carboxylic acids is 1. The van der Waals surface area contributed by atoms with E-state index in [9.17, 15) is 4.79 Å². The van der Waals surface area contributed by atoms with Crippen LogP contribution in [0.3, 0.4) is 0 Å². The summed E-state index contributed by atoms with van der Waals surface area (Å²) in [5.41, 5.74) is 1.17. The molecule has 0 bridgehead atoms. The van der Waals surface area contributed by atoms with E-state index in [1.165, 1.54) is 5.56 Å². The number of carbonyl (C=O) groups is 1. The van der Waals surface area contributed by atoms with Gasteiger partial charge in [-0.3, -0.25) is 0 Å². The van der Waals surface area contributed by atoms with E-state index in [0.717, 1.165) is 6.42 Å². The summed E-state index contributed by atoms with van der Waals surface area (Å²) < 4.78 is 0. The van der Waals surface area contributed by atoms with Gasteiger partial charge in [0.2, 0.25) is 0 Å². The molecule has 0 heterocycles. The zero-order chi connectivity index (χ0) is 10.4. The number of hydrogen-bond acceptors (Lipinski definition) is 1. The molecule has 0 aliphatic rings. The van der Waals surface area contributed by atoms with Gasteiger partial charge in [-0.15, -0.1) is 0 Å². The molecule has 1 rings (SSSR count). The molecule has 3 nitrogen and oxygen atoms in total. The van der Waals surface area contributed by atoms with Crippen molar-refractivity contribution in [2.75, 3.05) is 7.05 Å². The van der Waals surface area contributed by atoms with Crippen molar-refractivity contribution in [1.82, 2.24) is 10.6 Å². The van der Waals surface area contributed by atoms with E-state index in [0.29, 0.717) is 0 Å². The lowest BCUT2D eigenvalue weighted by Gasteiger charge is -2.12. The van der Waals surface area contributed by atoms with Crippen LogP contribution < -0.4 is 10.6 Å². The third-order valence-electron chi connectivity index (χ3n) is 1.89. The smallest absolute Gasteiger partial charge is 0.314 e. The molecule has 1 atom stereocenters. The first kappa shape index (κ1) is 10.6. The summed E-state index contributed by atoms with van der Waals surface area (Å²) in [7, 11) is 1.59. The van der Waals surface area contributed by atoms with E-state index in [1.807, 2.05) is 30.3 Å². The van der Waals surface area contributed by atoms with Crippen LogP contribution in [0.5, 0.6) is 0 Å². The summed E-state index contributed by atoms with van der Waals surface area (Å²) in [4.78, 5) is 11.0. The van der Waals surface area contributed by atoms with Crippen molar-refractivity contribution in [3.8, 4) is 0 Å². The fourth-order valence-electron chi connectivity index (χ4n) is 1.21. The first-order valence-electron chi connectivity index (χ1n) is 4.57. The third kappa shape index (κ3) is 3.47. The summed E-state index contributed by atoms with van der Waals surface area (Å²) in [6.45, 7) is 3.85. The number of amides is 2. The Labute approximate surface area is 84.5 Å². The molecule has 2 N–H and O–H groups in total. The van der Waals surface area contributed by atoms with Crippen LogP contribution in [0, 0.1) is 6.92 Å². The minimum absolute atomic E-state index is 0.0997. The van der Waals surface area contributed by atoms with Crippen LogP contribution >= 0.6 is 0 Å². The van der Waals surface area contributed by atoms with Crippen molar-refractivity contribution in [3.05, 3.63) is 42.8 Å². The van der Waals surface area contributed by atoms with Gasteiger partial charge in [0.25, 0.3) is 0 Å². The third-order valence-corrected chi connectivity index (χ3v) is 1.89. The van der Waals surface area contributed by atoms with Crippen LogP contribution in [0.25, 0.3) is 0 Å². The fourth-order valence-corrected chi connectivity index (χ4v) is 1.21. The van der Waals surface area contributed by atoms with Gasteiger partial charge in [-0.05, 0) is 18.9 Å². The molecule has 1 aromatic carbocycles. The van der Waals surface area contributed by atoms with Gasteiger partial charge in [0.15, 0.2) is 0 Å². The Balaban J connectivity index is 2.41. The topological polar surface area (TPSA) is 41.1 Å². The number of nitrogens with one attached hydrogen (secondary N) is 2. The van der Waals surface area contributed by atoms with E-state index in [-0.39, 0.29) is 12.1 Å². The van der Waals surface area contributed by atoms with Gasteiger partial charge in [-0.2, -0.15) is 0 Å². The normalized spacial score (nSPS) is 11.9. The summed E-state index contributed by atoms with van der Waals surface area (Å²) in [5.74, 6) is 0. The maximum Gasteiger partial charge on any atom is 0.314 e. The summed E-state index contributed by atoms with van der Waals surface area (Å²) in [5, 5.41) is 5.21. The number of urea groups is 1. The second kappa shape index (κ2) is 5.27. The van der Waals surface area contributed by atoms with Gasteiger partial charge < -0.3 is 10.6 Å². The maximum absolute atomic E-state index is 11.0. The summed E-state index contributed by atoms with van der Waals surface area (Å²) in [6, 6.07) is 9.66. The molecule has 2 amide bonds. The lowest BCUT2D eigenvalue weighted by Crippen LogP contribution is -2.40. The van der Waals surface area contributed by atoms with E-state index in [4.69, 9.17) is 0 Å². The van der Waals surface area contributed by atoms with Crippen LogP contribution in [-0.4, -0.2) is 19.1 Å². The van der Waals surface area contributed by atoms with Crippen molar-refractivity contribution in [2.45, 2.75) is 12.5 Å². The van der Waals surface area contributed by atoms with E-state index < -0.39 is 0 Å². The number of hydrogen-bond donors (Lipinski definition) is 2. The highest BCUT2D eigenvalue weighted by atomic mass is 16.2. The van der Waals surface area contributed by atoms with Crippen LogP contribution in [0.4, 0.5) is 4.79 Å². The minimum Gasteiger partial charge on any atom is -0.341 e. The molecule has 75 valence electrons. The predicted molar refractivity (Wildman–Crippen MR) is 56.9 cm³/mol. The molecule has 1 radical (unpaired) electrons. The lowest BCUT2D eigenvalue weighted by atomic mass is 10.1. The van der Waals surface area contributed by atoms with Crippen LogP contribution in [0.2, 0.25) is 0 Å². The molecule has 0 unspecified atom stereocenters. The highest BCUT2D eigenvalue weighted by molar-refractivity contribution is 5.73. The Kier molecular flexibility index (Phi) is 3.98. The van der Waals surface area contributed by atoms with Gasteiger partial charge in [0.1, 0.15) is 0 Å². The standard InChI is InChI=1S/C11H15N2O/c1-9(13-11(14)12-2)8-10-6-4-3-5-7-10/h3-7,9H,1,8H2,2H3,(H2,12,13,14)/t9-/m0/s1. The van der Waals surface area contributed by atoms with Crippen molar-refractivity contribution < 1.29 is 4.79 Å². The molecule has 0 saturated carbocycles. The van der Waals surface area contributed by atoms with Gasteiger partial charge in [0, 0.05) is 13.1 Å². The molecule has 1 aromatic rings. The van der Waals surface area contributed by atoms with E-state index >= 15 is 0 Å². The van der Waals surface area contributed by atoms with Crippen molar-refractivity contribution >= 4 is 6.03 Å². The first-order chi connectivity index (χ1) is 6.72. The van der Waals surface area contributed by atoms with Gasteiger partial charge >= 0.3 is 6.03 Å². The SMILES string of the molecule is [CH2][C@@H](Cc1ccccc1)NC(=O)NC. The van der Waals surface area contributed by atoms with Crippen LogP contribution in [0.15, 0.2) is 30.3 Å². The molecule has 0 spiro atoms. The van der Waals surface area contributed by atoms with Crippen LogP contribution in [-0.2, 0) is 6.42 Å². The molecule has 3 heteroatoms. The molecule has 0 fully saturated rings. The molecule has 0 aromatic heterocycles. The van der Waals surface area contributed by atoms with Crippen LogP contribution in [0.1, 0.15) is 5.56 Å². The van der Waals surface area contributed by atoms with Gasteiger partial charge in [-0.25, -0.2) is 4.79 Å². The van der Waals surface area contributed by atoms with E-state index in [2.05, 4.69) is 17.6 Å². The number of rotatable bonds is 3. The second-order valence-corrected chi connectivity index (χ2v) is 3.11. The molecule has 14 heavy (non-hydrogen) atoms. The first-order valence-corrected chi connectivity index (χ1v) is 4.57. The van der Waals surface area contributed by atoms with Gasteiger partial charge in [-0.1, -0.05) is 30.3 Å². The zero-order valence-electron chi connectivity index (χ0n) is 8.29. The highest BCUT2D eigenvalue weighted by Gasteiger charge is 2.05. The molecular weight excluding hydrogens is 176 g/mol. The lowest BCUT2D eigenvalue weighted by molar-refractivity contribution is 0.241. The Bertz CT molecular complexity index is 285. The van der Waals surface area contributed by atoms with Crippen molar-refractivity contribution in [1.29, 1.82) is 0 Å². The Morgan fingerprint density at radius 3 is 2.64 bits per heavy atom. The maximum atomic E-state index is 11.0. The monoisotopic (exact) mass is 191 g/mol. The average molecular weight is 191 g/mol. The van der Waals surface area contributed by atoms with Crippen molar-refractivity contribution in [3.63, 3.8) is 0 Å². The molecule has 0 aliphatic heterocycles. The van der Waals surface area contributed by atoms with Crippen molar-refractivity contribution in [2.24, 2.45) is 0 Å². The molecule has 0 aliphatic carbocycles. The second-order valence-electron chi connectivity index (χ2n) is 3.11. The minimum atomic E-state index is -0.194. The quantitative estimate of drug-likeness (QED) is 0.744.